The molecule has 0 atom stereocenters. The van der Waals surface area contributed by atoms with Gasteiger partial charge in [-0.05, 0) is 36.4 Å². The van der Waals surface area contributed by atoms with Crippen molar-refractivity contribution in [3.8, 4) is 5.75 Å². The van der Waals surface area contributed by atoms with Crippen LogP contribution in [0.15, 0.2) is 42.6 Å². The Labute approximate surface area is 159 Å². The van der Waals surface area contributed by atoms with Crippen molar-refractivity contribution in [2.45, 2.75) is 6.18 Å². The van der Waals surface area contributed by atoms with Gasteiger partial charge in [0.15, 0.2) is 6.61 Å². The van der Waals surface area contributed by atoms with Gasteiger partial charge in [-0.15, -0.1) is 0 Å². The number of carbonyl (C=O) groups is 1. The van der Waals surface area contributed by atoms with Gasteiger partial charge in [-0.3, -0.25) is 4.79 Å². The molecule has 1 aliphatic heterocycles. The Balaban J connectivity index is 1.49. The SMILES string of the molecule is O=C(COc1ccc(Cl)cc1)N1CCN(c2ccc(C(F)(F)F)cn2)CC1. The molecule has 0 bridgehead atoms. The number of pyridine rings is 1. The number of aromatic nitrogens is 1. The number of amides is 1. The van der Waals surface area contributed by atoms with E-state index in [2.05, 4.69) is 4.98 Å². The molecule has 0 radical (unpaired) electrons. The van der Waals surface area contributed by atoms with E-state index in [1.165, 1.54) is 6.07 Å². The number of rotatable bonds is 4. The van der Waals surface area contributed by atoms with Crippen LogP contribution in [-0.2, 0) is 11.0 Å². The molecule has 3 rings (SSSR count). The molecule has 1 aromatic heterocycles. The van der Waals surface area contributed by atoms with Crippen LogP contribution in [0, 0.1) is 0 Å². The number of hydrogen-bond acceptors (Lipinski definition) is 4. The lowest BCUT2D eigenvalue weighted by atomic mass is 10.2. The largest absolute Gasteiger partial charge is 0.484 e. The summed E-state index contributed by atoms with van der Waals surface area (Å²) in [6, 6.07) is 9.09. The Morgan fingerprint density at radius 3 is 2.30 bits per heavy atom. The van der Waals surface area contributed by atoms with Crippen LogP contribution in [0.3, 0.4) is 0 Å². The fourth-order valence-corrected chi connectivity index (χ4v) is 2.82. The Hall–Kier alpha value is -2.48. The zero-order chi connectivity index (χ0) is 19.4. The molecule has 0 unspecified atom stereocenters. The summed E-state index contributed by atoms with van der Waals surface area (Å²) in [4.78, 5) is 19.7. The van der Waals surface area contributed by atoms with Crippen molar-refractivity contribution in [3.63, 3.8) is 0 Å². The van der Waals surface area contributed by atoms with Gasteiger partial charge in [-0.1, -0.05) is 11.6 Å². The summed E-state index contributed by atoms with van der Waals surface area (Å²) in [6.45, 7) is 1.80. The molecule has 2 heterocycles. The second-order valence-corrected chi connectivity index (χ2v) is 6.45. The number of benzene rings is 1. The van der Waals surface area contributed by atoms with Gasteiger partial charge in [-0.2, -0.15) is 13.2 Å². The lowest BCUT2D eigenvalue weighted by Gasteiger charge is -2.35. The molecule has 1 aromatic carbocycles. The van der Waals surface area contributed by atoms with Crippen LogP contribution in [0.25, 0.3) is 0 Å². The van der Waals surface area contributed by atoms with Gasteiger partial charge < -0.3 is 14.5 Å². The zero-order valence-corrected chi connectivity index (χ0v) is 15.0. The minimum Gasteiger partial charge on any atom is -0.484 e. The lowest BCUT2D eigenvalue weighted by molar-refractivity contribution is -0.138. The highest BCUT2D eigenvalue weighted by atomic mass is 35.5. The molecule has 0 saturated carbocycles. The summed E-state index contributed by atoms with van der Waals surface area (Å²) >= 11 is 5.80. The molecule has 5 nitrogen and oxygen atoms in total. The number of carbonyl (C=O) groups excluding carboxylic acids is 1. The third kappa shape index (κ3) is 5.03. The van der Waals surface area contributed by atoms with Crippen LogP contribution in [0.1, 0.15) is 5.56 Å². The normalized spacial score (nSPS) is 15.0. The highest BCUT2D eigenvalue weighted by Gasteiger charge is 2.31. The van der Waals surface area contributed by atoms with Gasteiger partial charge in [0, 0.05) is 37.4 Å². The average molecular weight is 400 g/mol. The molecule has 27 heavy (non-hydrogen) atoms. The average Bonchev–Trinajstić information content (AvgIpc) is 2.67. The van der Waals surface area contributed by atoms with Crippen molar-refractivity contribution in [1.29, 1.82) is 0 Å². The molecule has 1 fully saturated rings. The van der Waals surface area contributed by atoms with E-state index in [-0.39, 0.29) is 12.5 Å². The van der Waals surface area contributed by atoms with Gasteiger partial charge in [0.05, 0.1) is 5.56 Å². The maximum absolute atomic E-state index is 12.6. The predicted octanol–water partition coefficient (Wildman–Crippen LogP) is 3.48. The van der Waals surface area contributed by atoms with Crippen LogP contribution in [0.5, 0.6) is 5.75 Å². The maximum atomic E-state index is 12.6. The summed E-state index contributed by atoms with van der Waals surface area (Å²) in [5.41, 5.74) is -0.778. The molecule has 0 N–H and O–H groups in total. The van der Waals surface area contributed by atoms with Crippen LogP contribution in [0.2, 0.25) is 5.02 Å². The smallest absolute Gasteiger partial charge is 0.417 e. The summed E-state index contributed by atoms with van der Waals surface area (Å²) in [7, 11) is 0. The summed E-state index contributed by atoms with van der Waals surface area (Å²) in [5.74, 6) is 0.873. The molecule has 1 saturated heterocycles. The minimum atomic E-state index is -4.40. The molecule has 2 aromatic rings. The van der Waals surface area contributed by atoms with Gasteiger partial charge in [0.2, 0.25) is 0 Å². The molecule has 9 heteroatoms. The third-order valence-corrected chi connectivity index (χ3v) is 4.46. The topological polar surface area (TPSA) is 45.7 Å². The molecule has 1 amide bonds. The second kappa shape index (κ2) is 8.04. The number of hydrogen-bond donors (Lipinski definition) is 0. The van der Waals surface area contributed by atoms with E-state index in [0.29, 0.717) is 42.8 Å². The molecule has 0 spiro atoms. The molecule has 144 valence electrons. The molecular weight excluding hydrogens is 383 g/mol. The van der Waals surface area contributed by atoms with Crippen LogP contribution < -0.4 is 9.64 Å². The first kappa shape index (κ1) is 19.3. The summed E-state index contributed by atoms with van der Waals surface area (Å²) in [5, 5.41) is 0.585. The number of alkyl halides is 3. The highest BCUT2D eigenvalue weighted by Crippen LogP contribution is 2.29. The van der Waals surface area contributed by atoms with Crippen molar-refractivity contribution in [1.82, 2.24) is 9.88 Å². The Morgan fingerprint density at radius 2 is 1.74 bits per heavy atom. The standard InChI is InChI=1S/C18H17ClF3N3O2/c19-14-2-4-15(5-3-14)27-12-17(26)25-9-7-24(8-10-25)16-6-1-13(11-23-16)18(20,21)22/h1-6,11H,7-10,12H2. The number of anilines is 1. The fraction of sp³-hybridized carbons (Fsp3) is 0.333. The van der Waals surface area contributed by atoms with Crippen molar-refractivity contribution >= 4 is 23.3 Å². The Morgan fingerprint density at radius 1 is 1.07 bits per heavy atom. The van der Waals surface area contributed by atoms with Crippen molar-refractivity contribution < 1.29 is 22.7 Å². The number of ether oxygens (including phenoxy) is 1. The van der Waals surface area contributed by atoms with Crippen molar-refractivity contribution in [3.05, 3.63) is 53.2 Å². The van der Waals surface area contributed by atoms with Gasteiger partial charge in [0.1, 0.15) is 11.6 Å². The second-order valence-electron chi connectivity index (χ2n) is 6.01. The highest BCUT2D eigenvalue weighted by molar-refractivity contribution is 6.30. The van der Waals surface area contributed by atoms with Crippen LogP contribution >= 0.6 is 11.6 Å². The first-order chi connectivity index (χ1) is 12.8. The van der Waals surface area contributed by atoms with Gasteiger partial charge in [0.25, 0.3) is 5.91 Å². The maximum Gasteiger partial charge on any atom is 0.417 e. The number of nitrogens with zero attached hydrogens (tertiary/aromatic N) is 3. The number of halogens is 4. The summed E-state index contributed by atoms with van der Waals surface area (Å²) < 4.78 is 43.3. The monoisotopic (exact) mass is 399 g/mol. The van der Waals surface area contributed by atoms with Crippen molar-refractivity contribution in [2.75, 3.05) is 37.7 Å². The van der Waals surface area contributed by atoms with E-state index >= 15 is 0 Å². The van der Waals surface area contributed by atoms with Gasteiger partial charge >= 0.3 is 6.18 Å². The Bertz CT molecular complexity index is 774. The first-order valence-corrected chi connectivity index (χ1v) is 8.65. The Kier molecular flexibility index (Phi) is 5.74. The van der Waals surface area contributed by atoms with E-state index in [0.717, 1.165) is 12.3 Å². The molecule has 0 aliphatic carbocycles. The predicted molar refractivity (Wildman–Crippen MR) is 95.0 cm³/mol. The van der Waals surface area contributed by atoms with E-state index < -0.39 is 11.7 Å². The summed E-state index contributed by atoms with van der Waals surface area (Å²) in [6.07, 6.45) is -3.58. The van der Waals surface area contributed by atoms with E-state index in [4.69, 9.17) is 16.3 Å². The first-order valence-electron chi connectivity index (χ1n) is 8.27. The molecular formula is C18H17ClF3N3O2. The van der Waals surface area contributed by atoms with Crippen molar-refractivity contribution in [2.24, 2.45) is 0 Å². The number of piperazine rings is 1. The van der Waals surface area contributed by atoms with Crippen LogP contribution in [0.4, 0.5) is 19.0 Å². The third-order valence-electron chi connectivity index (χ3n) is 4.21. The van der Waals surface area contributed by atoms with E-state index in [1.807, 2.05) is 4.90 Å². The van der Waals surface area contributed by atoms with E-state index in [1.54, 1.807) is 29.2 Å². The van der Waals surface area contributed by atoms with E-state index in [9.17, 15) is 18.0 Å². The van der Waals surface area contributed by atoms with Gasteiger partial charge in [-0.25, -0.2) is 4.98 Å². The lowest BCUT2D eigenvalue weighted by Crippen LogP contribution is -2.50. The fourth-order valence-electron chi connectivity index (χ4n) is 2.69. The van der Waals surface area contributed by atoms with Crippen LogP contribution in [-0.4, -0.2) is 48.6 Å². The zero-order valence-electron chi connectivity index (χ0n) is 14.2. The quantitative estimate of drug-likeness (QED) is 0.789. The minimum absolute atomic E-state index is 0.0832. The molecule has 1 aliphatic rings.